The molecule has 6 nitrogen and oxygen atoms in total. The summed E-state index contributed by atoms with van der Waals surface area (Å²) in [5, 5.41) is 11.2. The molecule has 6 heteroatoms. The van der Waals surface area contributed by atoms with Crippen molar-refractivity contribution in [3.05, 3.63) is 53.9 Å². The third-order valence-electron chi connectivity index (χ3n) is 5.17. The van der Waals surface area contributed by atoms with Gasteiger partial charge < -0.3 is 10.6 Å². The summed E-state index contributed by atoms with van der Waals surface area (Å²) in [6.07, 6.45) is 6.38. The van der Waals surface area contributed by atoms with Crippen molar-refractivity contribution in [2.24, 2.45) is 4.99 Å². The number of aliphatic imine (C=N–C) groups is 1. The molecule has 0 bridgehead atoms. The molecule has 3 rings (SSSR count). The summed E-state index contributed by atoms with van der Waals surface area (Å²) in [5.41, 5.74) is 2.50. The van der Waals surface area contributed by atoms with Crippen molar-refractivity contribution >= 4 is 5.96 Å². The molecule has 27 heavy (non-hydrogen) atoms. The maximum atomic E-state index is 4.83. The highest BCUT2D eigenvalue weighted by atomic mass is 15.3. The number of rotatable bonds is 8. The summed E-state index contributed by atoms with van der Waals surface area (Å²) in [6, 6.07) is 11.0. The maximum Gasteiger partial charge on any atom is 0.191 e. The van der Waals surface area contributed by atoms with Crippen LogP contribution in [0.3, 0.4) is 0 Å². The molecule has 1 aromatic carbocycles. The number of nitrogens with zero attached hydrogens (tertiary/aromatic N) is 4. The Morgan fingerprint density at radius 1 is 1.19 bits per heavy atom. The molecule has 1 aliphatic rings. The average molecular weight is 369 g/mol. The predicted molar refractivity (Wildman–Crippen MR) is 111 cm³/mol. The first-order valence-corrected chi connectivity index (χ1v) is 10.1. The van der Waals surface area contributed by atoms with Gasteiger partial charge in [-0.3, -0.25) is 9.58 Å². The van der Waals surface area contributed by atoms with Crippen LogP contribution in [0.2, 0.25) is 0 Å². The molecular weight excluding hydrogens is 336 g/mol. The lowest BCUT2D eigenvalue weighted by molar-refractivity contribution is 0.267. The van der Waals surface area contributed by atoms with E-state index in [-0.39, 0.29) is 0 Å². The van der Waals surface area contributed by atoms with Crippen molar-refractivity contribution in [3.8, 4) is 0 Å². The molecule has 1 unspecified atom stereocenters. The van der Waals surface area contributed by atoms with E-state index >= 15 is 0 Å². The molecule has 0 radical (unpaired) electrons. The first kappa shape index (κ1) is 19.4. The van der Waals surface area contributed by atoms with E-state index in [1.165, 1.54) is 30.5 Å². The standard InChI is InChI=1S/C21H32N6/c1-3-22-21(24-16-20-11-7-13-26(20)4-2)23-15-18-9-5-6-10-19(18)17-27-14-8-12-25-27/h5-6,8-10,12,14,20H,3-4,7,11,13,15-17H2,1-2H3,(H2,22,23,24). The van der Waals surface area contributed by atoms with E-state index < -0.39 is 0 Å². The molecule has 0 amide bonds. The summed E-state index contributed by atoms with van der Waals surface area (Å²) in [5.74, 6) is 0.898. The fraction of sp³-hybridized carbons (Fsp3) is 0.524. The molecule has 0 saturated carbocycles. The fourth-order valence-electron chi connectivity index (χ4n) is 3.70. The number of likely N-dealkylation sites (N-methyl/N-ethyl adjacent to an activating group) is 1. The van der Waals surface area contributed by atoms with Crippen LogP contribution in [0.1, 0.15) is 37.8 Å². The lowest BCUT2D eigenvalue weighted by Crippen LogP contribution is -2.44. The van der Waals surface area contributed by atoms with Crippen LogP contribution in [-0.2, 0) is 13.1 Å². The second kappa shape index (κ2) is 10.1. The SMILES string of the molecule is CCNC(=NCc1ccccc1Cn1cccn1)NCC1CCCN1CC. The highest BCUT2D eigenvalue weighted by Gasteiger charge is 2.22. The maximum absolute atomic E-state index is 4.83. The molecule has 2 aromatic rings. The number of benzene rings is 1. The molecule has 2 heterocycles. The Morgan fingerprint density at radius 3 is 2.78 bits per heavy atom. The Hall–Kier alpha value is -2.34. The van der Waals surface area contributed by atoms with Crippen LogP contribution in [0.15, 0.2) is 47.7 Å². The monoisotopic (exact) mass is 368 g/mol. The van der Waals surface area contributed by atoms with Gasteiger partial charge in [0.05, 0.1) is 13.1 Å². The normalized spacial score (nSPS) is 18.0. The van der Waals surface area contributed by atoms with Crippen LogP contribution in [0.4, 0.5) is 0 Å². The largest absolute Gasteiger partial charge is 0.357 e. The molecule has 2 N–H and O–H groups in total. The fourth-order valence-corrected chi connectivity index (χ4v) is 3.70. The molecule has 1 atom stereocenters. The zero-order chi connectivity index (χ0) is 18.9. The third kappa shape index (κ3) is 5.57. The minimum Gasteiger partial charge on any atom is -0.357 e. The Morgan fingerprint density at radius 2 is 2.04 bits per heavy atom. The quantitative estimate of drug-likeness (QED) is 0.555. The third-order valence-corrected chi connectivity index (χ3v) is 5.17. The van der Waals surface area contributed by atoms with Crippen LogP contribution in [0.25, 0.3) is 0 Å². The second-order valence-corrected chi connectivity index (χ2v) is 6.97. The van der Waals surface area contributed by atoms with Gasteiger partial charge in [-0.1, -0.05) is 31.2 Å². The number of nitrogens with one attached hydrogen (secondary N) is 2. The van der Waals surface area contributed by atoms with Gasteiger partial charge in [0.15, 0.2) is 5.96 Å². The summed E-state index contributed by atoms with van der Waals surface area (Å²) >= 11 is 0. The predicted octanol–water partition coefficient (Wildman–Crippen LogP) is 2.47. The van der Waals surface area contributed by atoms with Gasteiger partial charge in [0.1, 0.15) is 0 Å². The van der Waals surface area contributed by atoms with Gasteiger partial charge in [-0.15, -0.1) is 0 Å². The van der Waals surface area contributed by atoms with Crippen molar-refractivity contribution in [1.82, 2.24) is 25.3 Å². The minimum atomic E-state index is 0.617. The molecule has 1 aliphatic heterocycles. The van der Waals surface area contributed by atoms with E-state index in [2.05, 4.69) is 58.7 Å². The molecule has 0 aliphatic carbocycles. The summed E-state index contributed by atoms with van der Waals surface area (Å²) < 4.78 is 1.95. The second-order valence-electron chi connectivity index (χ2n) is 6.97. The van der Waals surface area contributed by atoms with Gasteiger partial charge in [-0.05, 0) is 50.0 Å². The van der Waals surface area contributed by atoms with Crippen LogP contribution >= 0.6 is 0 Å². The lowest BCUT2D eigenvalue weighted by atomic mass is 10.1. The lowest BCUT2D eigenvalue weighted by Gasteiger charge is -2.24. The van der Waals surface area contributed by atoms with Gasteiger partial charge >= 0.3 is 0 Å². The number of hydrogen-bond acceptors (Lipinski definition) is 3. The first-order valence-electron chi connectivity index (χ1n) is 10.1. The van der Waals surface area contributed by atoms with Crippen LogP contribution in [0, 0.1) is 0 Å². The summed E-state index contributed by atoms with van der Waals surface area (Å²) in [4.78, 5) is 7.38. The van der Waals surface area contributed by atoms with Gasteiger partial charge in [-0.2, -0.15) is 5.10 Å². The van der Waals surface area contributed by atoms with E-state index in [4.69, 9.17) is 4.99 Å². The topological polar surface area (TPSA) is 57.5 Å². The van der Waals surface area contributed by atoms with Crippen LogP contribution < -0.4 is 10.6 Å². The zero-order valence-corrected chi connectivity index (χ0v) is 16.6. The van der Waals surface area contributed by atoms with Crippen molar-refractivity contribution < 1.29 is 0 Å². The van der Waals surface area contributed by atoms with E-state index in [1.807, 2.05) is 23.1 Å². The number of guanidine groups is 1. The van der Waals surface area contributed by atoms with Gasteiger partial charge in [0, 0.05) is 31.5 Å². The Kier molecular flexibility index (Phi) is 7.27. The van der Waals surface area contributed by atoms with Gasteiger partial charge in [-0.25, -0.2) is 4.99 Å². The first-order chi connectivity index (χ1) is 13.3. The zero-order valence-electron chi connectivity index (χ0n) is 16.6. The Labute approximate surface area is 162 Å². The van der Waals surface area contributed by atoms with E-state index in [0.29, 0.717) is 12.6 Å². The number of hydrogen-bond donors (Lipinski definition) is 2. The molecule has 146 valence electrons. The van der Waals surface area contributed by atoms with Crippen molar-refractivity contribution in [2.45, 2.75) is 45.8 Å². The number of likely N-dealkylation sites (tertiary alicyclic amines) is 1. The van der Waals surface area contributed by atoms with Crippen LogP contribution in [-0.4, -0.2) is 52.9 Å². The van der Waals surface area contributed by atoms with E-state index in [1.54, 1.807) is 0 Å². The molecule has 1 saturated heterocycles. The van der Waals surface area contributed by atoms with E-state index in [0.717, 1.165) is 32.1 Å². The Balaban J connectivity index is 1.62. The number of aromatic nitrogens is 2. The highest BCUT2D eigenvalue weighted by molar-refractivity contribution is 5.79. The minimum absolute atomic E-state index is 0.617. The molecular formula is C21H32N6. The van der Waals surface area contributed by atoms with Gasteiger partial charge in [0.25, 0.3) is 0 Å². The summed E-state index contributed by atoms with van der Waals surface area (Å²) in [7, 11) is 0. The van der Waals surface area contributed by atoms with Crippen LogP contribution in [0.5, 0.6) is 0 Å². The molecule has 1 aromatic heterocycles. The van der Waals surface area contributed by atoms with Crippen molar-refractivity contribution in [2.75, 3.05) is 26.2 Å². The van der Waals surface area contributed by atoms with Crippen molar-refractivity contribution in [3.63, 3.8) is 0 Å². The molecule has 0 spiro atoms. The average Bonchev–Trinajstić information content (AvgIpc) is 3.36. The summed E-state index contributed by atoms with van der Waals surface area (Å²) in [6.45, 7) is 9.95. The van der Waals surface area contributed by atoms with Gasteiger partial charge in [0.2, 0.25) is 0 Å². The van der Waals surface area contributed by atoms with E-state index in [9.17, 15) is 0 Å². The molecule has 1 fully saturated rings. The smallest absolute Gasteiger partial charge is 0.191 e. The van der Waals surface area contributed by atoms with Crippen molar-refractivity contribution in [1.29, 1.82) is 0 Å². The highest BCUT2D eigenvalue weighted by Crippen LogP contribution is 2.15. The Bertz CT molecular complexity index is 709.